The highest BCUT2D eigenvalue weighted by molar-refractivity contribution is 7.92. The monoisotopic (exact) mass is 247 g/mol. The van der Waals surface area contributed by atoms with Crippen molar-refractivity contribution in [2.45, 2.75) is 4.90 Å². The lowest BCUT2D eigenvalue weighted by atomic mass is 10.4. The Morgan fingerprint density at radius 3 is 2.65 bits per heavy atom. The first-order chi connectivity index (χ1) is 8.12. The van der Waals surface area contributed by atoms with Crippen LogP contribution in [0.25, 0.3) is 0 Å². The highest BCUT2D eigenvalue weighted by Crippen LogP contribution is 2.19. The Labute approximate surface area is 101 Å². The molecule has 1 aromatic heterocycles. The van der Waals surface area contributed by atoms with Crippen LogP contribution in [0.5, 0.6) is 0 Å². The van der Waals surface area contributed by atoms with Gasteiger partial charge in [0.25, 0.3) is 10.0 Å². The summed E-state index contributed by atoms with van der Waals surface area (Å²) in [4.78, 5) is 4.04. The van der Waals surface area contributed by atoms with Crippen molar-refractivity contribution in [2.24, 2.45) is 0 Å². The number of benzene rings is 1. The van der Waals surface area contributed by atoms with Crippen molar-refractivity contribution in [1.82, 2.24) is 4.98 Å². The summed E-state index contributed by atoms with van der Waals surface area (Å²) in [7, 11) is -2.06. The van der Waals surface area contributed by atoms with Gasteiger partial charge in [0.1, 0.15) is 0 Å². The van der Waals surface area contributed by atoms with Gasteiger partial charge < -0.3 is 0 Å². The van der Waals surface area contributed by atoms with E-state index in [2.05, 4.69) is 11.1 Å². The number of hydrogen-bond donors (Lipinski definition) is 0. The normalized spacial score (nSPS) is 11.1. The van der Waals surface area contributed by atoms with Gasteiger partial charge in [0.05, 0.1) is 16.8 Å². The molecule has 0 N–H and O–H groups in total. The topological polar surface area (TPSA) is 50.3 Å². The molecular formula is C12H11N2O2S. The molecule has 87 valence electrons. The smallest absolute Gasteiger partial charge is 0.264 e. The van der Waals surface area contributed by atoms with Crippen LogP contribution in [0.3, 0.4) is 0 Å². The maximum Gasteiger partial charge on any atom is 0.264 e. The zero-order valence-corrected chi connectivity index (χ0v) is 10.1. The van der Waals surface area contributed by atoms with E-state index in [1.807, 2.05) is 0 Å². The Morgan fingerprint density at radius 2 is 2.06 bits per heavy atom. The Morgan fingerprint density at radius 1 is 1.24 bits per heavy atom. The molecule has 0 aliphatic carbocycles. The van der Waals surface area contributed by atoms with E-state index < -0.39 is 10.0 Å². The first kappa shape index (κ1) is 11.6. The zero-order chi connectivity index (χ0) is 12.3. The van der Waals surface area contributed by atoms with Crippen molar-refractivity contribution >= 4 is 15.7 Å². The maximum absolute atomic E-state index is 12.2. The molecule has 0 saturated heterocycles. The van der Waals surface area contributed by atoms with Gasteiger partial charge in [-0.1, -0.05) is 18.2 Å². The molecule has 0 fully saturated rings. The minimum atomic E-state index is -3.55. The molecule has 4 nitrogen and oxygen atoms in total. The number of rotatable bonds is 3. The molecule has 0 aliphatic heterocycles. The quantitative estimate of drug-likeness (QED) is 0.829. The summed E-state index contributed by atoms with van der Waals surface area (Å²) in [5, 5.41) is 0. The third-order valence-corrected chi connectivity index (χ3v) is 4.07. The molecule has 1 radical (unpaired) electrons. The molecule has 0 bridgehead atoms. The van der Waals surface area contributed by atoms with Gasteiger partial charge in [0.15, 0.2) is 0 Å². The second-order valence-corrected chi connectivity index (χ2v) is 5.35. The number of aromatic nitrogens is 1. The number of anilines is 1. The SMILES string of the molecule is CN(c1cccnc1)S(=O)(=O)c1[c]cccc1. The fourth-order valence-corrected chi connectivity index (χ4v) is 2.51. The lowest BCUT2D eigenvalue weighted by Gasteiger charge is -2.18. The molecule has 0 spiro atoms. The molecule has 2 aromatic rings. The Balaban J connectivity index is 2.41. The van der Waals surface area contributed by atoms with E-state index in [1.165, 1.54) is 23.6 Å². The summed E-state index contributed by atoms with van der Waals surface area (Å²) in [5.41, 5.74) is 0.518. The standard InChI is InChI=1S/C12H11N2O2S/c1-14(11-6-5-9-13-10-11)17(15,16)12-7-3-2-4-8-12/h2-7,9-10H,1H3. The lowest BCUT2D eigenvalue weighted by Crippen LogP contribution is -2.26. The number of nitrogens with zero attached hydrogens (tertiary/aromatic N) is 2. The molecule has 17 heavy (non-hydrogen) atoms. The first-order valence-corrected chi connectivity index (χ1v) is 6.42. The summed E-state index contributed by atoms with van der Waals surface area (Å²) in [6, 6.07) is 12.6. The molecule has 2 rings (SSSR count). The second kappa shape index (κ2) is 4.55. The Kier molecular flexibility index (Phi) is 3.10. The average Bonchev–Trinajstić information content (AvgIpc) is 2.40. The van der Waals surface area contributed by atoms with Gasteiger partial charge in [-0.15, -0.1) is 0 Å². The maximum atomic E-state index is 12.2. The van der Waals surface area contributed by atoms with Crippen molar-refractivity contribution in [1.29, 1.82) is 0 Å². The van der Waals surface area contributed by atoms with E-state index in [-0.39, 0.29) is 4.90 Å². The number of pyridine rings is 1. The van der Waals surface area contributed by atoms with Gasteiger partial charge >= 0.3 is 0 Å². The number of sulfonamides is 1. The molecule has 1 heterocycles. The summed E-state index contributed by atoms with van der Waals surface area (Å²) in [6.45, 7) is 0. The van der Waals surface area contributed by atoms with E-state index in [0.29, 0.717) is 5.69 Å². The first-order valence-electron chi connectivity index (χ1n) is 4.98. The van der Waals surface area contributed by atoms with Gasteiger partial charge in [0.2, 0.25) is 0 Å². The van der Waals surface area contributed by atoms with Gasteiger partial charge in [-0.3, -0.25) is 9.29 Å². The van der Waals surface area contributed by atoms with Crippen LogP contribution in [-0.2, 0) is 10.0 Å². The largest absolute Gasteiger partial charge is 0.268 e. The predicted octanol–water partition coefficient (Wildman–Crippen LogP) is 1.71. The van der Waals surface area contributed by atoms with Crippen molar-refractivity contribution in [3.8, 4) is 0 Å². The van der Waals surface area contributed by atoms with Crippen molar-refractivity contribution in [3.05, 3.63) is 54.9 Å². The molecule has 0 amide bonds. The predicted molar refractivity (Wildman–Crippen MR) is 65.1 cm³/mol. The molecule has 1 aromatic carbocycles. The van der Waals surface area contributed by atoms with Crippen LogP contribution in [-0.4, -0.2) is 20.4 Å². The van der Waals surface area contributed by atoms with Crippen LogP contribution in [0, 0.1) is 6.07 Å². The van der Waals surface area contributed by atoms with E-state index in [4.69, 9.17) is 0 Å². The third kappa shape index (κ3) is 2.29. The average molecular weight is 247 g/mol. The summed E-state index contributed by atoms with van der Waals surface area (Å²) in [6.07, 6.45) is 3.10. The Bertz CT molecular complexity index is 582. The minimum absolute atomic E-state index is 0.145. The highest BCUT2D eigenvalue weighted by Gasteiger charge is 2.20. The molecule has 0 aliphatic rings. The summed E-state index contributed by atoms with van der Waals surface area (Å²) >= 11 is 0. The lowest BCUT2D eigenvalue weighted by molar-refractivity contribution is 0.594. The Hall–Kier alpha value is -1.88. The van der Waals surface area contributed by atoms with Crippen LogP contribution >= 0.6 is 0 Å². The fraction of sp³-hybridized carbons (Fsp3) is 0.0833. The summed E-state index contributed by atoms with van der Waals surface area (Å²) in [5.74, 6) is 0. The van der Waals surface area contributed by atoms with E-state index >= 15 is 0 Å². The molecule has 0 saturated carbocycles. The van der Waals surface area contributed by atoms with Gasteiger partial charge in [-0.2, -0.15) is 0 Å². The number of hydrogen-bond acceptors (Lipinski definition) is 3. The fourth-order valence-electron chi connectivity index (χ4n) is 1.36. The minimum Gasteiger partial charge on any atom is -0.268 e. The molecule has 0 unspecified atom stereocenters. The van der Waals surface area contributed by atoms with Crippen molar-refractivity contribution < 1.29 is 8.42 Å². The van der Waals surface area contributed by atoms with Crippen LogP contribution in [0.15, 0.2) is 53.7 Å². The van der Waals surface area contributed by atoms with E-state index in [9.17, 15) is 8.42 Å². The van der Waals surface area contributed by atoms with Gasteiger partial charge in [0, 0.05) is 19.3 Å². The van der Waals surface area contributed by atoms with Crippen LogP contribution in [0.2, 0.25) is 0 Å². The van der Waals surface area contributed by atoms with Gasteiger partial charge in [-0.05, 0) is 18.2 Å². The molecule has 5 heteroatoms. The van der Waals surface area contributed by atoms with Crippen LogP contribution < -0.4 is 4.31 Å². The molecular weight excluding hydrogens is 236 g/mol. The second-order valence-electron chi connectivity index (χ2n) is 3.41. The van der Waals surface area contributed by atoms with Gasteiger partial charge in [-0.25, -0.2) is 8.42 Å². The third-order valence-electron chi connectivity index (χ3n) is 2.33. The van der Waals surface area contributed by atoms with Crippen molar-refractivity contribution in [2.75, 3.05) is 11.4 Å². The zero-order valence-electron chi connectivity index (χ0n) is 9.24. The van der Waals surface area contributed by atoms with Crippen molar-refractivity contribution in [3.63, 3.8) is 0 Å². The van der Waals surface area contributed by atoms with Crippen LogP contribution in [0.1, 0.15) is 0 Å². The summed E-state index contributed by atoms with van der Waals surface area (Å²) < 4.78 is 25.6. The van der Waals surface area contributed by atoms with E-state index in [1.54, 1.807) is 36.5 Å². The molecule has 0 atom stereocenters. The van der Waals surface area contributed by atoms with Crippen LogP contribution in [0.4, 0.5) is 5.69 Å². The van der Waals surface area contributed by atoms with E-state index in [0.717, 1.165) is 0 Å². The highest BCUT2D eigenvalue weighted by atomic mass is 32.2.